The molecule has 0 heterocycles. The van der Waals surface area contributed by atoms with Crippen LogP contribution in [0.5, 0.6) is 0 Å². The van der Waals surface area contributed by atoms with Crippen LogP contribution in [0.25, 0.3) is 0 Å². The van der Waals surface area contributed by atoms with Gasteiger partial charge in [0.15, 0.2) is 0 Å². The fraction of sp³-hybridized carbons (Fsp3) is 0.278. The molecule has 2 rings (SSSR count). The second-order valence-corrected chi connectivity index (χ2v) is 6.42. The summed E-state index contributed by atoms with van der Waals surface area (Å²) >= 11 is 1.73. The number of carbonyl (C=O) groups excluding carboxylic acids is 1. The number of rotatable bonds is 7. The second kappa shape index (κ2) is 8.61. The summed E-state index contributed by atoms with van der Waals surface area (Å²) in [6.07, 6.45) is 0.567. The highest BCUT2D eigenvalue weighted by Gasteiger charge is 2.13. The van der Waals surface area contributed by atoms with E-state index in [1.165, 1.54) is 10.5 Å². The Bertz CT molecular complexity index is 584. The van der Waals surface area contributed by atoms with Gasteiger partial charge < -0.3 is 11.1 Å². The molecule has 0 aliphatic heterocycles. The van der Waals surface area contributed by atoms with Gasteiger partial charge in [-0.15, -0.1) is 11.8 Å². The fourth-order valence-electron chi connectivity index (χ4n) is 2.07. The zero-order chi connectivity index (χ0) is 15.8. The quantitative estimate of drug-likeness (QED) is 0.610. The monoisotopic (exact) mass is 314 g/mol. The van der Waals surface area contributed by atoms with Crippen molar-refractivity contribution in [1.82, 2.24) is 5.32 Å². The standard InChI is InChI=1S/C18H22N2OS/c1-14-7-9-16(10-8-14)22-12-11-20-18(21)17(19)13-15-5-3-2-4-6-15/h2-10,17H,11-13,19H2,1H3,(H,20,21). The molecule has 0 radical (unpaired) electrons. The van der Waals surface area contributed by atoms with Crippen molar-refractivity contribution < 1.29 is 4.79 Å². The molecule has 4 heteroatoms. The van der Waals surface area contributed by atoms with Crippen molar-refractivity contribution in [1.29, 1.82) is 0 Å². The smallest absolute Gasteiger partial charge is 0.237 e. The summed E-state index contributed by atoms with van der Waals surface area (Å²) < 4.78 is 0. The molecule has 1 atom stereocenters. The van der Waals surface area contributed by atoms with Crippen LogP contribution in [0, 0.1) is 6.92 Å². The van der Waals surface area contributed by atoms with E-state index in [1.807, 2.05) is 30.3 Å². The molecule has 3 N–H and O–H groups in total. The number of nitrogens with two attached hydrogens (primary N) is 1. The molecule has 0 spiro atoms. The lowest BCUT2D eigenvalue weighted by Gasteiger charge is -2.12. The Hall–Kier alpha value is -1.78. The van der Waals surface area contributed by atoms with Crippen molar-refractivity contribution in [3.05, 3.63) is 65.7 Å². The first kappa shape index (κ1) is 16.6. The van der Waals surface area contributed by atoms with Crippen LogP contribution in [-0.2, 0) is 11.2 Å². The van der Waals surface area contributed by atoms with Crippen molar-refractivity contribution in [3.8, 4) is 0 Å². The lowest BCUT2D eigenvalue weighted by molar-refractivity contribution is -0.122. The number of nitrogens with one attached hydrogen (secondary N) is 1. The molecule has 116 valence electrons. The van der Waals surface area contributed by atoms with Crippen LogP contribution in [0.2, 0.25) is 0 Å². The molecule has 2 aromatic carbocycles. The third kappa shape index (κ3) is 5.54. The Morgan fingerprint density at radius 1 is 1.14 bits per heavy atom. The fourth-order valence-corrected chi connectivity index (χ4v) is 2.84. The first-order valence-corrected chi connectivity index (χ1v) is 8.40. The van der Waals surface area contributed by atoms with E-state index >= 15 is 0 Å². The molecule has 0 aliphatic carbocycles. The van der Waals surface area contributed by atoms with Gasteiger partial charge in [0.1, 0.15) is 0 Å². The van der Waals surface area contributed by atoms with Crippen molar-refractivity contribution in [2.24, 2.45) is 5.73 Å². The van der Waals surface area contributed by atoms with Crippen LogP contribution in [0.3, 0.4) is 0 Å². The van der Waals surface area contributed by atoms with E-state index in [4.69, 9.17) is 5.73 Å². The summed E-state index contributed by atoms with van der Waals surface area (Å²) in [6, 6.07) is 17.7. The summed E-state index contributed by atoms with van der Waals surface area (Å²) in [6.45, 7) is 2.70. The average molecular weight is 314 g/mol. The minimum atomic E-state index is -0.494. The van der Waals surface area contributed by atoms with Crippen LogP contribution in [0.4, 0.5) is 0 Å². The molecule has 0 saturated carbocycles. The number of hydrogen-bond donors (Lipinski definition) is 2. The van der Waals surface area contributed by atoms with E-state index in [-0.39, 0.29) is 5.91 Å². The highest BCUT2D eigenvalue weighted by atomic mass is 32.2. The van der Waals surface area contributed by atoms with E-state index in [1.54, 1.807) is 11.8 Å². The lowest BCUT2D eigenvalue weighted by Crippen LogP contribution is -2.42. The number of thioether (sulfide) groups is 1. The van der Waals surface area contributed by atoms with Crippen molar-refractivity contribution in [3.63, 3.8) is 0 Å². The van der Waals surface area contributed by atoms with E-state index in [2.05, 4.69) is 36.5 Å². The Morgan fingerprint density at radius 2 is 1.82 bits per heavy atom. The molecular weight excluding hydrogens is 292 g/mol. The maximum Gasteiger partial charge on any atom is 0.237 e. The molecule has 0 aromatic heterocycles. The normalized spacial score (nSPS) is 11.9. The van der Waals surface area contributed by atoms with Crippen LogP contribution in [0.1, 0.15) is 11.1 Å². The van der Waals surface area contributed by atoms with Gasteiger partial charge in [0.05, 0.1) is 6.04 Å². The second-order valence-electron chi connectivity index (χ2n) is 5.25. The average Bonchev–Trinajstić information content (AvgIpc) is 2.54. The Morgan fingerprint density at radius 3 is 2.50 bits per heavy atom. The van der Waals surface area contributed by atoms with Gasteiger partial charge in [-0.1, -0.05) is 48.0 Å². The van der Waals surface area contributed by atoms with Crippen LogP contribution < -0.4 is 11.1 Å². The van der Waals surface area contributed by atoms with Crippen molar-refractivity contribution in [2.45, 2.75) is 24.3 Å². The van der Waals surface area contributed by atoms with Gasteiger partial charge in [-0.3, -0.25) is 4.79 Å². The summed E-state index contributed by atoms with van der Waals surface area (Å²) in [5.41, 5.74) is 8.28. The van der Waals surface area contributed by atoms with E-state index in [9.17, 15) is 4.79 Å². The van der Waals surface area contributed by atoms with Gasteiger partial charge in [-0.2, -0.15) is 0 Å². The van der Waals surface area contributed by atoms with Gasteiger partial charge in [0, 0.05) is 17.2 Å². The zero-order valence-corrected chi connectivity index (χ0v) is 13.6. The van der Waals surface area contributed by atoms with Gasteiger partial charge in [0.2, 0.25) is 5.91 Å². The number of benzene rings is 2. The Labute approximate surface area is 136 Å². The molecule has 1 unspecified atom stereocenters. The van der Waals surface area contributed by atoms with Crippen molar-refractivity contribution >= 4 is 17.7 Å². The van der Waals surface area contributed by atoms with Crippen LogP contribution in [0.15, 0.2) is 59.5 Å². The molecule has 2 aromatic rings. The molecule has 0 saturated heterocycles. The van der Waals surface area contributed by atoms with E-state index in [0.29, 0.717) is 13.0 Å². The third-order valence-corrected chi connectivity index (χ3v) is 4.34. The Kier molecular flexibility index (Phi) is 6.49. The minimum absolute atomic E-state index is 0.0895. The maximum absolute atomic E-state index is 12.0. The molecule has 3 nitrogen and oxygen atoms in total. The highest BCUT2D eigenvalue weighted by molar-refractivity contribution is 7.99. The van der Waals surface area contributed by atoms with Crippen molar-refractivity contribution in [2.75, 3.05) is 12.3 Å². The summed E-state index contributed by atoms with van der Waals surface area (Å²) in [5.74, 6) is 0.751. The number of aryl methyl sites for hydroxylation is 1. The predicted octanol–water partition coefficient (Wildman–Crippen LogP) is 2.77. The van der Waals surface area contributed by atoms with Gasteiger partial charge in [-0.05, 0) is 31.0 Å². The summed E-state index contributed by atoms with van der Waals surface area (Å²) in [7, 11) is 0. The first-order chi connectivity index (χ1) is 10.6. The van der Waals surface area contributed by atoms with Gasteiger partial charge in [-0.25, -0.2) is 0 Å². The summed E-state index contributed by atoms with van der Waals surface area (Å²) in [4.78, 5) is 13.2. The topological polar surface area (TPSA) is 55.1 Å². The first-order valence-electron chi connectivity index (χ1n) is 7.42. The molecular formula is C18H22N2OS. The van der Waals surface area contributed by atoms with E-state index in [0.717, 1.165) is 11.3 Å². The van der Waals surface area contributed by atoms with E-state index < -0.39 is 6.04 Å². The maximum atomic E-state index is 12.0. The zero-order valence-electron chi connectivity index (χ0n) is 12.8. The largest absolute Gasteiger partial charge is 0.354 e. The van der Waals surface area contributed by atoms with Crippen LogP contribution in [-0.4, -0.2) is 24.2 Å². The molecule has 0 fully saturated rings. The molecule has 0 bridgehead atoms. The molecule has 1 amide bonds. The number of carbonyl (C=O) groups is 1. The number of hydrogen-bond acceptors (Lipinski definition) is 3. The minimum Gasteiger partial charge on any atom is -0.354 e. The van der Waals surface area contributed by atoms with Gasteiger partial charge in [0.25, 0.3) is 0 Å². The third-order valence-electron chi connectivity index (χ3n) is 3.33. The Balaban J connectivity index is 1.67. The van der Waals surface area contributed by atoms with Gasteiger partial charge >= 0.3 is 0 Å². The number of amides is 1. The lowest BCUT2D eigenvalue weighted by atomic mass is 10.1. The molecule has 0 aliphatic rings. The summed E-state index contributed by atoms with van der Waals surface area (Å²) in [5, 5.41) is 2.90. The highest BCUT2D eigenvalue weighted by Crippen LogP contribution is 2.17. The molecule has 22 heavy (non-hydrogen) atoms. The SMILES string of the molecule is Cc1ccc(SCCNC(=O)C(N)Cc2ccccc2)cc1. The van der Waals surface area contributed by atoms with Crippen LogP contribution >= 0.6 is 11.8 Å². The predicted molar refractivity (Wildman–Crippen MR) is 93.0 cm³/mol.